The molecule has 0 aliphatic carbocycles. The van der Waals surface area contributed by atoms with Gasteiger partial charge in [0.1, 0.15) is 5.03 Å². The van der Waals surface area contributed by atoms with E-state index in [1.807, 2.05) is 6.07 Å². The van der Waals surface area contributed by atoms with Gasteiger partial charge in [0.05, 0.1) is 35.1 Å². The number of carbonyl (C=O) groups excluding carboxylic acids is 1. The molecule has 0 saturated carbocycles. The summed E-state index contributed by atoms with van der Waals surface area (Å²) in [5, 5.41) is 10.2. The van der Waals surface area contributed by atoms with E-state index < -0.39 is 5.51 Å². The van der Waals surface area contributed by atoms with E-state index >= 15 is 0 Å². The van der Waals surface area contributed by atoms with Crippen LogP contribution in [0.25, 0.3) is 5.52 Å². The fourth-order valence-electron chi connectivity index (χ4n) is 5.31. The molecule has 3 aromatic rings. The number of likely N-dealkylation sites (N-methyl/N-ethyl adjacent to an activating group) is 1. The minimum atomic E-state index is -4.46. The lowest BCUT2D eigenvalue weighted by atomic mass is 9.97. The van der Waals surface area contributed by atoms with Crippen molar-refractivity contribution in [1.82, 2.24) is 24.4 Å². The number of nitrogens with zero attached hydrogens (tertiary/aromatic N) is 4. The van der Waals surface area contributed by atoms with E-state index in [-0.39, 0.29) is 40.8 Å². The van der Waals surface area contributed by atoms with Crippen molar-refractivity contribution in [1.29, 1.82) is 0 Å². The lowest BCUT2D eigenvalue weighted by Gasteiger charge is -2.38. The first-order valence-electron chi connectivity index (χ1n) is 11.8. The molecule has 2 bridgehead atoms. The van der Waals surface area contributed by atoms with Gasteiger partial charge in [-0.3, -0.25) is 14.4 Å². The van der Waals surface area contributed by atoms with Gasteiger partial charge in [-0.1, -0.05) is 11.8 Å². The third-order valence-electron chi connectivity index (χ3n) is 7.01. The van der Waals surface area contributed by atoms with Gasteiger partial charge in [0.25, 0.3) is 5.91 Å². The Hall–Kier alpha value is -3.10. The monoisotopic (exact) mass is 516 g/mol. The van der Waals surface area contributed by atoms with E-state index in [1.165, 1.54) is 17.3 Å². The summed E-state index contributed by atoms with van der Waals surface area (Å²) in [6.07, 6.45) is 9.11. The molecular weight excluding hydrogens is 489 g/mol. The Morgan fingerprint density at radius 2 is 2.06 bits per heavy atom. The van der Waals surface area contributed by atoms with Gasteiger partial charge in [0.2, 0.25) is 0 Å². The zero-order valence-electron chi connectivity index (χ0n) is 20.0. The Morgan fingerprint density at radius 3 is 2.81 bits per heavy atom. The molecule has 2 aliphatic rings. The Balaban J connectivity index is 1.40. The highest BCUT2D eigenvalue weighted by atomic mass is 32.2. The van der Waals surface area contributed by atoms with E-state index in [2.05, 4.69) is 39.5 Å². The molecule has 0 aromatic carbocycles. The number of amides is 1. The Kier molecular flexibility index (Phi) is 6.66. The zero-order chi connectivity index (χ0) is 25.4. The molecule has 2 saturated heterocycles. The maximum absolute atomic E-state index is 13.4. The zero-order valence-corrected chi connectivity index (χ0v) is 20.8. The van der Waals surface area contributed by atoms with Crippen LogP contribution in [0.3, 0.4) is 0 Å². The number of aryl methyl sites for hydroxylation is 1. The van der Waals surface area contributed by atoms with Crippen LogP contribution >= 0.6 is 11.8 Å². The smallest absolute Gasteiger partial charge is 0.379 e. The summed E-state index contributed by atoms with van der Waals surface area (Å²) >= 11 is -0.180. The first-order chi connectivity index (χ1) is 17.2. The average Bonchev–Trinajstić information content (AvgIpc) is 3.46. The lowest BCUT2D eigenvalue weighted by molar-refractivity contribution is -0.0329. The fourth-order valence-corrected chi connectivity index (χ4v) is 6.01. The average molecular weight is 517 g/mol. The molecule has 3 atom stereocenters. The van der Waals surface area contributed by atoms with Gasteiger partial charge in [0.15, 0.2) is 0 Å². The molecule has 2 N–H and O–H groups in total. The highest BCUT2D eigenvalue weighted by Gasteiger charge is 2.40. The summed E-state index contributed by atoms with van der Waals surface area (Å²) in [4.78, 5) is 14.6. The number of halogens is 3. The second-order valence-corrected chi connectivity index (χ2v) is 10.3. The number of alkyl halides is 3. The number of hydrogen-bond donors (Lipinski definition) is 2. The summed E-state index contributed by atoms with van der Waals surface area (Å²) in [7, 11) is 3.86. The minimum Gasteiger partial charge on any atom is -0.379 e. The minimum absolute atomic E-state index is 0.00158. The lowest BCUT2D eigenvalue weighted by Crippen LogP contribution is -2.48. The number of rotatable bonds is 5. The van der Waals surface area contributed by atoms with Crippen molar-refractivity contribution in [3.05, 3.63) is 47.9 Å². The molecule has 5 rings (SSSR count). The van der Waals surface area contributed by atoms with Crippen LogP contribution in [0.4, 0.5) is 18.9 Å². The predicted octanol–water partition coefficient (Wildman–Crippen LogP) is 4.10. The van der Waals surface area contributed by atoms with Crippen molar-refractivity contribution in [2.45, 2.75) is 54.3 Å². The largest absolute Gasteiger partial charge is 0.447 e. The van der Waals surface area contributed by atoms with Crippen molar-refractivity contribution >= 4 is 28.9 Å². The third-order valence-corrected chi connectivity index (χ3v) is 7.86. The van der Waals surface area contributed by atoms with Crippen LogP contribution < -0.4 is 10.6 Å². The van der Waals surface area contributed by atoms with Crippen molar-refractivity contribution in [3.8, 4) is 11.8 Å². The highest BCUT2D eigenvalue weighted by molar-refractivity contribution is 8.00. The number of carbonyl (C=O) groups is 1. The molecule has 0 spiro atoms. The molecular formula is C25H27F3N6OS. The number of piperidine rings is 1. The molecule has 1 unspecified atom stereocenters. The van der Waals surface area contributed by atoms with Crippen LogP contribution in [0.5, 0.6) is 0 Å². The van der Waals surface area contributed by atoms with Gasteiger partial charge < -0.3 is 15.0 Å². The predicted molar refractivity (Wildman–Crippen MR) is 133 cm³/mol. The molecule has 2 fully saturated rings. The van der Waals surface area contributed by atoms with Gasteiger partial charge in [-0.25, -0.2) is 0 Å². The molecule has 0 radical (unpaired) electrons. The number of anilines is 1. The van der Waals surface area contributed by atoms with Crippen LogP contribution in [0, 0.1) is 11.8 Å². The van der Waals surface area contributed by atoms with E-state index in [1.54, 1.807) is 36.0 Å². The standard InChI is InChI=1S/C25H27F3N6OS/c1-32-15-17(14-30-32)23(35)29-11-3-5-16-13-22-19(6-4-12-34(22)24(16)36-25(26,27)28)31-20-9-7-18-8-10-21(20)33(18)2/h4,6,12-15,18,20-21,31H,7-11H2,1-2H3,(H,29,35)/t18?,20-,21-/m1/s1. The van der Waals surface area contributed by atoms with Crippen LogP contribution in [0.15, 0.2) is 41.8 Å². The van der Waals surface area contributed by atoms with Crippen molar-refractivity contribution < 1.29 is 18.0 Å². The summed E-state index contributed by atoms with van der Waals surface area (Å²) in [6.45, 7) is -0.00158. The van der Waals surface area contributed by atoms with Gasteiger partial charge in [-0.05, 0) is 50.9 Å². The van der Waals surface area contributed by atoms with Crippen LogP contribution in [-0.2, 0) is 7.05 Å². The molecule has 36 heavy (non-hydrogen) atoms. The SMILES string of the molecule is CN1C2CC[C@@H]1[C@H](Nc1cccn3c(SC(F)(F)F)c(C#CCNC(=O)c4cnn(C)c4)cc13)CC2. The normalized spacial score (nSPS) is 21.9. The molecule has 1 amide bonds. The molecule has 2 aliphatic heterocycles. The maximum Gasteiger partial charge on any atom is 0.447 e. The van der Waals surface area contributed by atoms with Crippen molar-refractivity contribution in [2.24, 2.45) is 7.05 Å². The number of hydrogen-bond acceptors (Lipinski definition) is 5. The number of nitrogens with one attached hydrogen (secondary N) is 2. The Bertz CT molecular complexity index is 1340. The summed E-state index contributed by atoms with van der Waals surface area (Å²) < 4.78 is 43.4. The van der Waals surface area contributed by atoms with E-state index in [0.717, 1.165) is 24.9 Å². The number of pyridine rings is 1. The molecule has 3 aromatic heterocycles. The van der Waals surface area contributed by atoms with Gasteiger partial charge in [-0.15, -0.1) is 0 Å². The molecule has 11 heteroatoms. The van der Waals surface area contributed by atoms with Crippen LogP contribution in [0.2, 0.25) is 0 Å². The first kappa shape index (κ1) is 24.6. The highest BCUT2D eigenvalue weighted by Crippen LogP contribution is 2.41. The number of fused-ring (bicyclic) bond motifs is 3. The van der Waals surface area contributed by atoms with Gasteiger partial charge in [-0.2, -0.15) is 18.3 Å². The Morgan fingerprint density at radius 1 is 1.25 bits per heavy atom. The molecule has 5 heterocycles. The summed E-state index contributed by atoms with van der Waals surface area (Å²) in [6, 6.07) is 6.65. The number of aromatic nitrogens is 3. The van der Waals surface area contributed by atoms with Crippen molar-refractivity contribution in [3.63, 3.8) is 0 Å². The summed E-state index contributed by atoms with van der Waals surface area (Å²) in [5.74, 6) is 5.29. The number of thioether (sulfide) groups is 1. The topological polar surface area (TPSA) is 66.6 Å². The fraction of sp³-hybridized carbons (Fsp3) is 0.440. The summed E-state index contributed by atoms with van der Waals surface area (Å²) in [5.41, 5.74) is -2.36. The molecule has 7 nitrogen and oxygen atoms in total. The van der Waals surface area contributed by atoms with Gasteiger partial charge >= 0.3 is 5.51 Å². The van der Waals surface area contributed by atoms with Gasteiger partial charge in [0, 0.05) is 49.3 Å². The third kappa shape index (κ3) is 5.06. The van der Waals surface area contributed by atoms with Crippen LogP contribution in [-0.4, -0.2) is 62.2 Å². The van der Waals surface area contributed by atoms with E-state index in [4.69, 9.17) is 0 Å². The van der Waals surface area contributed by atoms with Crippen LogP contribution in [0.1, 0.15) is 41.6 Å². The maximum atomic E-state index is 13.4. The quantitative estimate of drug-likeness (QED) is 0.395. The molecule has 190 valence electrons. The van der Waals surface area contributed by atoms with E-state index in [0.29, 0.717) is 23.2 Å². The first-order valence-corrected chi connectivity index (χ1v) is 12.7. The second kappa shape index (κ2) is 9.75. The Labute approximate surface area is 211 Å². The second-order valence-electron chi connectivity index (χ2n) is 9.27. The van der Waals surface area contributed by atoms with Crippen molar-refractivity contribution in [2.75, 3.05) is 18.9 Å². The van der Waals surface area contributed by atoms with E-state index in [9.17, 15) is 18.0 Å².